The first-order valence-corrected chi connectivity index (χ1v) is 12.1. The van der Waals surface area contributed by atoms with Crippen molar-refractivity contribution >= 4 is 27.1 Å². The van der Waals surface area contributed by atoms with Crippen LogP contribution in [-0.2, 0) is 21.2 Å². The molecule has 146 valence electrons. The highest BCUT2D eigenvalue weighted by Crippen LogP contribution is 2.28. The summed E-state index contributed by atoms with van der Waals surface area (Å²) < 4.78 is 23.9. The van der Waals surface area contributed by atoms with Crippen LogP contribution in [-0.4, -0.2) is 63.0 Å². The average molecular weight is 410 g/mol. The van der Waals surface area contributed by atoms with E-state index in [1.807, 2.05) is 21.7 Å². The summed E-state index contributed by atoms with van der Waals surface area (Å²) in [6, 6.07) is 1.79. The van der Waals surface area contributed by atoms with Crippen molar-refractivity contribution < 1.29 is 13.2 Å². The number of sulfone groups is 1. The summed E-state index contributed by atoms with van der Waals surface area (Å²) in [7, 11) is -3.05. The highest BCUT2D eigenvalue weighted by molar-refractivity contribution is 7.91. The Bertz CT molecular complexity index is 888. The van der Waals surface area contributed by atoms with E-state index in [1.54, 1.807) is 11.3 Å². The predicted octanol–water partition coefficient (Wildman–Crippen LogP) is 1.75. The molecule has 1 aliphatic carbocycles. The molecule has 2 fully saturated rings. The van der Waals surface area contributed by atoms with Crippen LogP contribution in [0, 0.1) is 0 Å². The van der Waals surface area contributed by atoms with Crippen LogP contribution < -0.4 is 0 Å². The molecule has 0 N–H and O–H groups in total. The second-order valence-corrected chi connectivity index (χ2v) is 10.3. The van der Waals surface area contributed by atoms with Gasteiger partial charge in [-0.25, -0.2) is 8.42 Å². The van der Waals surface area contributed by atoms with Gasteiger partial charge in [-0.15, -0.1) is 10.2 Å². The lowest BCUT2D eigenvalue weighted by molar-refractivity contribution is -0.137. The Morgan fingerprint density at radius 3 is 2.70 bits per heavy atom. The third kappa shape index (κ3) is 4.21. The maximum absolute atomic E-state index is 13.1. The Balaban J connectivity index is 1.51. The van der Waals surface area contributed by atoms with E-state index in [0.717, 1.165) is 31.2 Å². The molecule has 3 heterocycles. The van der Waals surface area contributed by atoms with Crippen LogP contribution in [0.5, 0.6) is 0 Å². The first kappa shape index (κ1) is 18.5. The third-order valence-electron chi connectivity index (χ3n) is 5.37. The number of nitrogens with zero attached hydrogens (tertiary/aromatic N) is 5. The fourth-order valence-corrected chi connectivity index (χ4v) is 6.43. The molecule has 0 bridgehead atoms. The van der Waals surface area contributed by atoms with Crippen molar-refractivity contribution in [1.29, 1.82) is 0 Å². The number of tetrazole rings is 1. The minimum Gasteiger partial charge on any atom is -0.334 e. The molecule has 2 aromatic heterocycles. The molecule has 1 saturated carbocycles. The zero-order valence-electron chi connectivity index (χ0n) is 15.0. The summed E-state index contributed by atoms with van der Waals surface area (Å²) in [5, 5.41) is 16.2. The molecule has 0 spiro atoms. The van der Waals surface area contributed by atoms with E-state index in [9.17, 15) is 13.2 Å². The molecule has 4 rings (SSSR count). The maximum atomic E-state index is 13.1. The summed E-state index contributed by atoms with van der Waals surface area (Å²) in [5.41, 5.74) is 0.879. The van der Waals surface area contributed by atoms with Crippen molar-refractivity contribution in [2.24, 2.45) is 0 Å². The first-order valence-electron chi connectivity index (χ1n) is 9.34. The lowest BCUT2D eigenvalue weighted by Gasteiger charge is -2.38. The second-order valence-electron chi connectivity index (χ2n) is 7.31. The summed E-state index contributed by atoms with van der Waals surface area (Å²) in [4.78, 5) is 16.3. The van der Waals surface area contributed by atoms with Gasteiger partial charge in [0.1, 0.15) is 6.54 Å². The predicted molar refractivity (Wildman–Crippen MR) is 102 cm³/mol. The molecule has 0 unspecified atom stereocenters. The van der Waals surface area contributed by atoms with Gasteiger partial charge in [-0.05, 0) is 35.9 Å². The van der Waals surface area contributed by atoms with Gasteiger partial charge in [0.2, 0.25) is 11.7 Å². The van der Waals surface area contributed by atoms with Gasteiger partial charge in [0.15, 0.2) is 9.84 Å². The highest BCUT2D eigenvalue weighted by Gasteiger charge is 2.38. The number of aromatic nitrogens is 4. The van der Waals surface area contributed by atoms with Gasteiger partial charge >= 0.3 is 0 Å². The average Bonchev–Trinajstić information content (AvgIpc) is 3.37. The molecular weight excluding hydrogens is 386 g/mol. The number of carbonyl (C=O) groups is 1. The minimum absolute atomic E-state index is 0.00974. The van der Waals surface area contributed by atoms with E-state index in [0.29, 0.717) is 12.2 Å². The molecule has 0 aromatic carbocycles. The second kappa shape index (κ2) is 7.67. The van der Waals surface area contributed by atoms with Gasteiger partial charge in [0.25, 0.3) is 0 Å². The standard InChI is InChI=1S/C17H23N5O3S2/c23-16(10-21-19-17(18-20-21)13-6-8-26-11-13)22(14-4-2-1-3-5-14)15-7-9-27(24,25)12-15/h6,8,11,14-15H,1-5,7,9-10,12H2/t15-/m0/s1. The van der Waals surface area contributed by atoms with Crippen molar-refractivity contribution in [3.63, 3.8) is 0 Å². The Morgan fingerprint density at radius 1 is 1.22 bits per heavy atom. The summed E-state index contributed by atoms with van der Waals surface area (Å²) in [5.74, 6) is 0.619. The fourth-order valence-electron chi connectivity index (χ4n) is 4.08. The highest BCUT2D eigenvalue weighted by atomic mass is 32.2. The Labute approximate surface area is 162 Å². The molecule has 1 saturated heterocycles. The lowest BCUT2D eigenvalue weighted by atomic mass is 9.93. The molecule has 10 heteroatoms. The maximum Gasteiger partial charge on any atom is 0.246 e. The van der Waals surface area contributed by atoms with Crippen LogP contribution in [0.2, 0.25) is 0 Å². The first-order chi connectivity index (χ1) is 13.0. The quantitative estimate of drug-likeness (QED) is 0.746. The molecule has 27 heavy (non-hydrogen) atoms. The summed E-state index contributed by atoms with van der Waals surface area (Å²) in [6.07, 6.45) is 5.74. The minimum atomic E-state index is -3.05. The fraction of sp³-hybridized carbons (Fsp3) is 0.647. The number of rotatable bonds is 5. The molecule has 2 aromatic rings. The SMILES string of the molecule is O=C(Cn1nnc(-c2ccsc2)n1)N(C1CCCCC1)[C@H]1CCS(=O)(=O)C1. The van der Waals surface area contributed by atoms with E-state index < -0.39 is 9.84 Å². The number of amides is 1. The molecule has 2 aliphatic rings. The number of carbonyl (C=O) groups excluding carboxylic acids is 1. The van der Waals surface area contributed by atoms with Crippen molar-refractivity contribution in [2.45, 2.75) is 57.2 Å². The summed E-state index contributed by atoms with van der Waals surface area (Å²) >= 11 is 1.55. The van der Waals surface area contributed by atoms with E-state index in [2.05, 4.69) is 15.4 Å². The Kier molecular flexibility index (Phi) is 5.27. The summed E-state index contributed by atoms with van der Waals surface area (Å²) in [6.45, 7) is -0.00974. The van der Waals surface area contributed by atoms with Crippen LogP contribution in [0.25, 0.3) is 11.4 Å². The van der Waals surface area contributed by atoms with Crippen LogP contribution in [0.1, 0.15) is 38.5 Å². The van der Waals surface area contributed by atoms with E-state index >= 15 is 0 Å². The van der Waals surface area contributed by atoms with Crippen LogP contribution in [0.4, 0.5) is 0 Å². The zero-order valence-corrected chi connectivity index (χ0v) is 16.7. The van der Waals surface area contributed by atoms with Gasteiger partial charge in [-0.3, -0.25) is 4.79 Å². The van der Waals surface area contributed by atoms with Crippen LogP contribution in [0.15, 0.2) is 16.8 Å². The molecule has 1 amide bonds. The van der Waals surface area contributed by atoms with Crippen molar-refractivity contribution in [3.8, 4) is 11.4 Å². The molecular formula is C17H23N5O3S2. The number of hydrogen-bond acceptors (Lipinski definition) is 7. The van der Waals surface area contributed by atoms with Crippen LogP contribution >= 0.6 is 11.3 Å². The van der Waals surface area contributed by atoms with Crippen molar-refractivity contribution in [1.82, 2.24) is 25.1 Å². The van der Waals surface area contributed by atoms with E-state index in [4.69, 9.17) is 0 Å². The largest absolute Gasteiger partial charge is 0.334 e. The van der Waals surface area contributed by atoms with Gasteiger partial charge < -0.3 is 4.90 Å². The van der Waals surface area contributed by atoms with Gasteiger partial charge in [0.05, 0.1) is 11.5 Å². The smallest absolute Gasteiger partial charge is 0.246 e. The lowest BCUT2D eigenvalue weighted by Crippen LogP contribution is -2.50. The molecule has 1 aliphatic heterocycles. The van der Waals surface area contributed by atoms with E-state index in [1.165, 1.54) is 11.2 Å². The third-order valence-corrected chi connectivity index (χ3v) is 7.80. The van der Waals surface area contributed by atoms with Crippen molar-refractivity contribution in [2.75, 3.05) is 11.5 Å². The Morgan fingerprint density at radius 2 is 2.04 bits per heavy atom. The number of hydrogen-bond donors (Lipinski definition) is 0. The normalized spacial score (nSPS) is 22.7. The zero-order chi connectivity index (χ0) is 18.9. The molecule has 0 radical (unpaired) electrons. The molecule has 8 nitrogen and oxygen atoms in total. The number of thiophene rings is 1. The van der Waals surface area contributed by atoms with Gasteiger partial charge in [-0.2, -0.15) is 16.1 Å². The van der Waals surface area contributed by atoms with Crippen molar-refractivity contribution in [3.05, 3.63) is 16.8 Å². The van der Waals surface area contributed by atoms with E-state index in [-0.39, 0.29) is 36.0 Å². The van der Waals surface area contributed by atoms with Gasteiger partial charge in [0, 0.05) is 23.0 Å². The molecule has 1 atom stereocenters. The Hall–Kier alpha value is -1.81. The topological polar surface area (TPSA) is 98.1 Å². The van der Waals surface area contributed by atoms with Crippen LogP contribution in [0.3, 0.4) is 0 Å². The monoisotopic (exact) mass is 409 g/mol. The van der Waals surface area contributed by atoms with Gasteiger partial charge in [-0.1, -0.05) is 19.3 Å².